The number of aldehydes is 1. The molecule has 5 rings (SSSR count). The fourth-order valence-corrected chi connectivity index (χ4v) is 5.51. The highest BCUT2D eigenvalue weighted by atomic mass is 32.1. The number of nitrogens with zero attached hydrogens (tertiary/aromatic N) is 7. The number of hydrogen-bond donors (Lipinski definition) is 1. The smallest absolute Gasteiger partial charge is 0.316 e. The van der Waals surface area contributed by atoms with Gasteiger partial charge < -0.3 is 24.3 Å². The number of β-amino-alcohol motifs (C(OH)–C–C–N with tert-alkyl or cyclic N) is 1. The van der Waals surface area contributed by atoms with Crippen molar-refractivity contribution in [1.29, 1.82) is 0 Å². The number of morpholine rings is 1. The molecule has 2 aliphatic heterocycles. The maximum atomic E-state index is 10.7. The first-order valence-electron chi connectivity index (χ1n) is 11.7. The Bertz CT molecular complexity index is 1140. The van der Waals surface area contributed by atoms with E-state index in [1.54, 1.807) is 23.7 Å². The van der Waals surface area contributed by atoms with E-state index in [2.05, 4.69) is 30.7 Å². The van der Waals surface area contributed by atoms with Crippen molar-refractivity contribution in [2.24, 2.45) is 0 Å². The van der Waals surface area contributed by atoms with Gasteiger partial charge in [-0.3, -0.25) is 9.80 Å². The van der Waals surface area contributed by atoms with Gasteiger partial charge in [0.2, 0.25) is 0 Å². The molecule has 5 heterocycles. The molecule has 0 aliphatic carbocycles. The molecule has 12 heteroatoms. The molecule has 0 saturated carbocycles. The molecule has 35 heavy (non-hydrogen) atoms. The first-order chi connectivity index (χ1) is 17.1. The van der Waals surface area contributed by atoms with E-state index in [-0.39, 0.29) is 0 Å². The zero-order valence-electron chi connectivity index (χ0n) is 19.7. The number of hydrogen-bond acceptors (Lipinski definition) is 12. The molecule has 2 aliphatic rings. The number of ether oxygens (including phenoxy) is 2. The number of carbonyl (C=O) groups excluding carboxylic acids is 1. The van der Waals surface area contributed by atoms with Gasteiger partial charge in [-0.1, -0.05) is 0 Å². The van der Waals surface area contributed by atoms with Gasteiger partial charge in [0.05, 0.1) is 36.1 Å². The standard InChI is InChI=1S/C23H29N7O4S/c1-33-23-24-11-16(12-25-23)21-26-19-10-18(14-29-4-2-28(3-5-29)13-17(32)15-31)35-20(19)22(27-21)30-6-8-34-9-7-30/h10-12,15,17,32H,2-9,13-14H2,1H3/t17-/m0/s1. The van der Waals surface area contributed by atoms with Gasteiger partial charge in [-0.05, 0) is 6.07 Å². The van der Waals surface area contributed by atoms with Crippen molar-refractivity contribution in [2.75, 3.05) is 71.0 Å². The summed E-state index contributed by atoms with van der Waals surface area (Å²) >= 11 is 1.74. The summed E-state index contributed by atoms with van der Waals surface area (Å²) in [6.45, 7) is 7.57. The van der Waals surface area contributed by atoms with Gasteiger partial charge >= 0.3 is 6.01 Å². The van der Waals surface area contributed by atoms with Crippen LogP contribution in [0.3, 0.4) is 0 Å². The van der Waals surface area contributed by atoms with Gasteiger partial charge in [0.1, 0.15) is 12.4 Å². The zero-order chi connectivity index (χ0) is 24.2. The second-order valence-electron chi connectivity index (χ2n) is 8.64. The summed E-state index contributed by atoms with van der Waals surface area (Å²) in [6, 6.07) is 2.46. The van der Waals surface area contributed by atoms with Gasteiger partial charge in [0.25, 0.3) is 0 Å². The summed E-state index contributed by atoms with van der Waals surface area (Å²) in [5.41, 5.74) is 1.66. The fraction of sp³-hybridized carbons (Fsp3) is 0.522. The van der Waals surface area contributed by atoms with Crippen LogP contribution >= 0.6 is 11.3 Å². The highest BCUT2D eigenvalue weighted by Gasteiger charge is 2.23. The molecule has 0 radical (unpaired) electrons. The van der Waals surface area contributed by atoms with Crippen molar-refractivity contribution in [3.8, 4) is 17.4 Å². The van der Waals surface area contributed by atoms with Gasteiger partial charge in [0, 0.05) is 69.6 Å². The molecule has 2 saturated heterocycles. The van der Waals surface area contributed by atoms with E-state index in [9.17, 15) is 9.90 Å². The summed E-state index contributed by atoms with van der Waals surface area (Å²) in [6.07, 6.45) is 3.06. The Labute approximate surface area is 207 Å². The maximum absolute atomic E-state index is 10.7. The van der Waals surface area contributed by atoms with E-state index in [4.69, 9.17) is 19.4 Å². The monoisotopic (exact) mass is 499 g/mol. The Hall–Kier alpha value is -2.77. The van der Waals surface area contributed by atoms with Crippen LogP contribution in [0, 0.1) is 0 Å². The van der Waals surface area contributed by atoms with Gasteiger partial charge in [0.15, 0.2) is 11.6 Å². The van der Waals surface area contributed by atoms with Crippen molar-refractivity contribution in [1.82, 2.24) is 29.7 Å². The van der Waals surface area contributed by atoms with Crippen molar-refractivity contribution in [2.45, 2.75) is 12.6 Å². The summed E-state index contributed by atoms with van der Waals surface area (Å²) in [7, 11) is 1.54. The largest absolute Gasteiger partial charge is 0.467 e. The Morgan fingerprint density at radius 1 is 1.11 bits per heavy atom. The van der Waals surface area contributed by atoms with Crippen LogP contribution in [-0.4, -0.2) is 113 Å². The molecular formula is C23H29N7O4S. The number of carbonyl (C=O) groups is 1. The molecule has 1 N–H and O–H groups in total. The number of thiophene rings is 1. The van der Waals surface area contributed by atoms with Crippen molar-refractivity contribution in [3.63, 3.8) is 0 Å². The number of anilines is 1. The van der Waals surface area contributed by atoms with E-state index >= 15 is 0 Å². The number of aromatic nitrogens is 4. The van der Waals surface area contributed by atoms with Crippen LogP contribution in [0.4, 0.5) is 5.82 Å². The Morgan fingerprint density at radius 2 is 1.83 bits per heavy atom. The van der Waals surface area contributed by atoms with E-state index in [1.165, 1.54) is 12.0 Å². The molecule has 1 atom stereocenters. The SMILES string of the molecule is COc1ncc(-c2nc(N3CCOCC3)c3sc(CN4CCN(C[C@H](O)C=O)CC4)cc3n2)cn1. The quantitative estimate of drug-likeness (QED) is 0.441. The summed E-state index contributed by atoms with van der Waals surface area (Å²) in [5, 5.41) is 9.60. The lowest BCUT2D eigenvalue weighted by Gasteiger charge is -2.34. The lowest BCUT2D eigenvalue weighted by molar-refractivity contribution is -0.115. The molecule has 2 fully saturated rings. The normalized spacial score (nSPS) is 18.6. The zero-order valence-corrected chi connectivity index (χ0v) is 20.5. The molecule has 186 valence electrons. The molecule has 3 aromatic heterocycles. The third kappa shape index (κ3) is 5.57. The average molecular weight is 500 g/mol. The maximum Gasteiger partial charge on any atom is 0.316 e. The van der Waals surface area contributed by atoms with Crippen LogP contribution in [0.15, 0.2) is 18.5 Å². The van der Waals surface area contributed by atoms with E-state index in [1.807, 2.05) is 0 Å². The lowest BCUT2D eigenvalue weighted by Crippen LogP contribution is -2.48. The number of rotatable bonds is 8. The topological polar surface area (TPSA) is 117 Å². The molecule has 3 aromatic rings. The van der Waals surface area contributed by atoms with Crippen LogP contribution in [0.5, 0.6) is 6.01 Å². The molecule has 0 bridgehead atoms. The second kappa shape index (κ2) is 10.9. The minimum absolute atomic E-state index is 0.307. The predicted molar refractivity (Wildman–Crippen MR) is 132 cm³/mol. The minimum atomic E-state index is -0.911. The van der Waals surface area contributed by atoms with Crippen LogP contribution in [0.25, 0.3) is 21.6 Å². The minimum Gasteiger partial charge on any atom is -0.467 e. The van der Waals surface area contributed by atoms with E-state index < -0.39 is 6.10 Å². The fourth-order valence-electron chi connectivity index (χ4n) is 4.36. The van der Waals surface area contributed by atoms with Crippen LogP contribution in [-0.2, 0) is 16.1 Å². The molecule has 0 aromatic carbocycles. The van der Waals surface area contributed by atoms with E-state index in [0.717, 1.165) is 67.4 Å². The van der Waals surface area contributed by atoms with Gasteiger partial charge in [-0.25, -0.2) is 19.9 Å². The summed E-state index contributed by atoms with van der Waals surface area (Å²) in [5.74, 6) is 1.52. The molecule has 0 spiro atoms. The van der Waals surface area contributed by atoms with Crippen molar-refractivity contribution >= 4 is 33.7 Å². The predicted octanol–water partition coefficient (Wildman–Crippen LogP) is 0.671. The highest BCUT2D eigenvalue weighted by Crippen LogP contribution is 2.35. The number of aliphatic hydroxyl groups excluding tert-OH is 1. The third-order valence-electron chi connectivity index (χ3n) is 6.23. The van der Waals surface area contributed by atoms with Crippen molar-refractivity contribution < 1.29 is 19.4 Å². The summed E-state index contributed by atoms with van der Waals surface area (Å²) < 4.78 is 11.7. The first kappa shape index (κ1) is 23.9. The average Bonchev–Trinajstić information content (AvgIpc) is 3.32. The number of methoxy groups -OCH3 is 1. The Balaban J connectivity index is 1.39. The molecule has 0 amide bonds. The summed E-state index contributed by atoms with van der Waals surface area (Å²) in [4.78, 5) is 37.0. The third-order valence-corrected chi connectivity index (χ3v) is 7.34. The number of fused-ring (bicyclic) bond motifs is 1. The highest BCUT2D eigenvalue weighted by molar-refractivity contribution is 7.19. The molecule has 11 nitrogen and oxygen atoms in total. The van der Waals surface area contributed by atoms with Crippen LogP contribution in [0.2, 0.25) is 0 Å². The first-order valence-corrected chi connectivity index (χ1v) is 12.5. The molecule has 0 unspecified atom stereocenters. The second-order valence-corrected chi connectivity index (χ2v) is 9.77. The van der Waals surface area contributed by atoms with Crippen molar-refractivity contribution in [3.05, 3.63) is 23.3 Å². The van der Waals surface area contributed by atoms with Gasteiger partial charge in [-0.15, -0.1) is 11.3 Å². The Kier molecular flexibility index (Phi) is 7.44. The van der Waals surface area contributed by atoms with Crippen LogP contribution in [0.1, 0.15) is 4.88 Å². The van der Waals surface area contributed by atoms with Gasteiger partial charge in [-0.2, -0.15) is 0 Å². The van der Waals surface area contributed by atoms with Crippen LogP contribution < -0.4 is 9.64 Å². The molecular weight excluding hydrogens is 470 g/mol. The Morgan fingerprint density at radius 3 is 2.51 bits per heavy atom. The van der Waals surface area contributed by atoms with E-state index in [0.29, 0.717) is 37.9 Å². The number of piperazine rings is 1. The lowest BCUT2D eigenvalue weighted by atomic mass is 10.2. The number of aliphatic hydroxyl groups is 1.